The Hall–Kier alpha value is -0.410. The van der Waals surface area contributed by atoms with Crippen molar-refractivity contribution in [3.8, 4) is 0 Å². The molecule has 1 nitrogen and oxygen atoms in total. The Morgan fingerprint density at radius 3 is 2.77 bits per heavy atom. The number of benzene rings is 1. The van der Waals surface area contributed by atoms with E-state index >= 15 is 0 Å². The van der Waals surface area contributed by atoms with Crippen molar-refractivity contribution in [2.24, 2.45) is 0 Å². The molecule has 0 amide bonds. The van der Waals surface area contributed by atoms with Gasteiger partial charge >= 0.3 is 0 Å². The molecule has 13 heavy (non-hydrogen) atoms. The highest BCUT2D eigenvalue weighted by atomic mass is 79.9. The maximum absolute atomic E-state index is 13.2. The number of alkyl halides is 1. The average Bonchev–Trinajstić information content (AvgIpc) is 2.09. The zero-order chi connectivity index (χ0) is 9.68. The Balaban J connectivity index is 2.58. The smallest absolute Gasteiger partial charge is 0.117 e. The van der Waals surface area contributed by atoms with Gasteiger partial charge < -0.3 is 5.32 Å². The highest BCUT2D eigenvalue weighted by molar-refractivity contribution is 9.10. The fourth-order valence-corrected chi connectivity index (χ4v) is 1.64. The molecule has 0 heterocycles. The quantitative estimate of drug-likeness (QED) is 0.860. The lowest BCUT2D eigenvalue weighted by Gasteiger charge is -2.08. The Bertz CT molecular complexity index is 265. The third kappa shape index (κ3) is 3.44. The molecule has 0 aliphatic heterocycles. The number of rotatable bonds is 4. The molecule has 1 N–H and O–H groups in total. The van der Waals surface area contributed by atoms with Crippen molar-refractivity contribution >= 4 is 15.9 Å². The van der Waals surface area contributed by atoms with Crippen LogP contribution in [0.1, 0.15) is 5.56 Å². The van der Waals surface area contributed by atoms with Gasteiger partial charge in [-0.15, -0.1) is 0 Å². The summed E-state index contributed by atoms with van der Waals surface area (Å²) in [6.07, 6.45) is -0.355. The van der Waals surface area contributed by atoms with E-state index in [0.717, 1.165) is 10.0 Å². The normalized spacial score (nSPS) is 12.8. The van der Waals surface area contributed by atoms with Gasteiger partial charge in [-0.2, -0.15) is 0 Å². The standard InChI is InChI=1S/C10H13BrFN/c1-13-7-9(12)6-8-4-2-3-5-10(8)11/h2-5,9,13H,6-7H2,1H3/t9-/m0/s1. The number of nitrogens with one attached hydrogen (secondary N) is 1. The Morgan fingerprint density at radius 1 is 1.46 bits per heavy atom. The van der Waals surface area contributed by atoms with Crippen LogP contribution in [0, 0.1) is 0 Å². The van der Waals surface area contributed by atoms with Gasteiger partial charge in [0, 0.05) is 17.4 Å². The van der Waals surface area contributed by atoms with E-state index in [1.54, 1.807) is 7.05 Å². The first-order valence-electron chi connectivity index (χ1n) is 4.26. The first kappa shape index (κ1) is 10.7. The highest BCUT2D eigenvalue weighted by Gasteiger charge is 2.07. The molecule has 1 aromatic rings. The minimum atomic E-state index is -0.816. The molecule has 0 bridgehead atoms. The van der Waals surface area contributed by atoms with E-state index in [1.807, 2.05) is 24.3 Å². The predicted octanol–water partition coefficient (Wildman–Crippen LogP) is 2.55. The zero-order valence-corrected chi connectivity index (χ0v) is 9.14. The van der Waals surface area contributed by atoms with Gasteiger partial charge in [0.15, 0.2) is 0 Å². The van der Waals surface area contributed by atoms with Crippen molar-refractivity contribution in [2.75, 3.05) is 13.6 Å². The average molecular weight is 246 g/mol. The lowest BCUT2D eigenvalue weighted by molar-refractivity contribution is 0.324. The third-order valence-corrected chi connectivity index (χ3v) is 2.60. The van der Waals surface area contributed by atoms with Crippen molar-refractivity contribution in [2.45, 2.75) is 12.6 Å². The zero-order valence-electron chi connectivity index (χ0n) is 7.56. The maximum Gasteiger partial charge on any atom is 0.117 e. The van der Waals surface area contributed by atoms with Crippen LogP contribution in [0.4, 0.5) is 4.39 Å². The van der Waals surface area contributed by atoms with E-state index < -0.39 is 6.17 Å². The van der Waals surface area contributed by atoms with Crippen LogP contribution in [-0.4, -0.2) is 19.8 Å². The van der Waals surface area contributed by atoms with Gasteiger partial charge in [-0.05, 0) is 18.7 Å². The van der Waals surface area contributed by atoms with E-state index in [1.165, 1.54) is 0 Å². The van der Waals surface area contributed by atoms with Gasteiger partial charge in [0.05, 0.1) is 0 Å². The van der Waals surface area contributed by atoms with E-state index in [4.69, 9.17) is 0 Å². The minimum Gasteiger partial charge on any atom is -0.317 e. The minimum absolute atomic E-state index is 0.404. The van der Waals surface area contributed by atoms with Gasteiger partial charge in [0.1, 0.15) is 6.17 Å². The van der Waals surface area contributed by atoms with Crippen LogP contribution in [0.25, 0.3) is 0 Å². The van der Waals surface area contributed by atoms with Crippen LogP contribution in [0.3, 0.4) is 0 Å². The summed E-state index contributed by atoms with van der Waals surface area (Å²) in [4.78, 5) is 0. The van der Waals surface area contributed by atoms with Crippen molar-refractivity contribution in [1.82, 2.24) is 5.32 Å². The van der Waals surface area contributed by atoms with Crippen molar-refractivity contribution in [3.05, 3.63) is 34.3 Å². The highest BCUT2D eigenvalue weighted by Crippen LogP contribution is 2.18. The largest absolute Gasteiger partial charge is 0.317 e. The second-order valence-electron chi connectivity index (χ2n) is 2.95. The molecule has 0 radical (unpaired) electrons. The second-order valence-corrected chi connectivity index (χ2v) is 3.80. The molecule has 1 aromatic carbocycles. The predicted molar refractivity (Wildman–Crippen MR) is 56.7 cm³/mol. The Kier molecular flexibility index (Phi) is 4.39. The first-order valence-corrected chi connectivity index (χ1v) is 5.05. The molecule has 1 rings (SSSR count). The molecule has 0 saturated carbocycles. The molecule has 0 spiro atoms. The van der Waals surface area contributed by atoms with Crippen LogP contribution in [0.15, 0.2) is 28.7 Å². The summed E-state index contributed by atoms with van der Waals surface area (Å²) in [5.74, 6) is 0. The summed E-state index contributed by atoms with van der Waals surface area (Å²) >= 11 is 3.39. The lowest BCUT2D eigenvalue weighted by Crippen LogP contribution is -2.21. The SMILES string of the molecule is CNC[C@@H](F)Cc1ccccc1Br. The summed E-state index contributed by atoms with van der Waals surface area (Å²) in [5.41, 5.74) is 1.02. The van der Waals surface area contributed by atoms with Gasteiger partial charge in [-0.25, -0.2) is 4.39 Å². The van der Waals surface area contributed by atoms with E-state index in [2.05, 4.69) is 21.2 Å². The van der Waals surface area contributed by atoms with Crippen molar-refractivity contribution < 1.29 is 4.39 Å². The molecule has 1 atom stereocenters. The third-order valence-electron chi connectivity index (χ3n) is 1.82. The fraction of sp³-hybridized carbons (Fsp3) is 0.400. The summed E-state index contributed by atoms with van der Waals surface area (Å²) < 4.78 is 14.2. The monoisotopic (exact) mass is 245 g/mol. The second kappa shape index (κ2) is 5.35. The molecule has 0 fully saturated rings. The molecule has 0 unspecified atom stereocenters. The Labute approximate surface area is 86.5 Å². The van der Waals surface area contributed by atoms with Gasteiger partial charge in [-0.1, -0.05) is 34.1 Å². The van der Waals surface area contributed by atoms with Gasteiger partial charge in [-0.3, -0.25) is 0 Å². The van der Waals surface area contributed by atoms with Crippen LogP contribution in [-0.2, 0) is 6.42 Å². The summed E-state index contributed by atoms with van der Waals surface area (Å²) in [5, 5.41) is 2.82. The van der Waals surface area contributed by atoms with Crippen LogP contribution in [0.2, 0.25) is 0 Å². The number of halogens is 2. The molecule has 0 aliphatic rings. The topological polar surface area (TPSA) is 12.0 Å². The number of hydrogen-bond donors (Lipinski definition) is 1. The van der Waals surface area contributed by atoms with E-state index in [0.29, 0.717) is 13.0 Å². The van der Waals surface area contributed by atoms with Gasteiger partial charge in [0.2, 0.25) is 0 Å². The molecular formula is C10H13BrFN. The van der Waals surface area contributed by atoms with Crippen molar-refractivity contribution in [1.29, 1.82) is 0 Å². The van der Waals surface area contributed by atoms with Gasteiger partial charge in [0.25, 0.3) is 0 Å². The summed E-state index contributed by atoms with van der Waals surface area (Å²) in [6, 6.07) is 7.72. The Morgan fingerprint density at radius 2 is 2.15 bits per heavy atom. The summed E-state index contributed by atoms with van der Waals surface area (Å²) in [7, 11) is 1.76. The molecule has 3 heteroatoms. The molecule has 0 aromatic heterocycles. The molecule has 0 saturated heterocycles. The molecular weight excluding hydrogens is 233 g/mol. The van der Waals surface area contributed by atoms with Crippen LogP contribution in [0.5, 0.6) is 0 Å². The molecule has 0 aliphatic carbocycles. The van der Waals surface area contributed by atoms with E-state index in [9.17, 15) is 4.39 Å². The lowest BCUT2D eigenvalue weighted by atomic mass is 10.1. The first-order chi connectivity index (χ1) is 6.24. The molecule has 72 valence electrons. The summed E-state index contributed by atoms with van der Waals surface area (Å²) in [6.45, 7) is 0.404. The maximum atomic E-state index is 13.2. The number of hydrogen-bond acceptors (Lipinski definition) is 1. The van der Waals surface area contributed by atoms with E-state index in [-0.39, 0.29) is 0 Å². The van der Waals surface area contributed by atoms with Crippen molar-refractivity contribution in [3.63, 3.8) is 0 Å². The van der Waals surface area contributed by atoms with Crippen LogP contribution >= 0.6 is 15.9 Å². The van der Waals surface area contributed by atoms with Crippen LogP contribution < -0.4 is 5.32 Å². The fourth-order valence-electron chi connectivity index (χ4n) is 1.20.